The van der Waals surface area contributed by atoms with Gasteiger partial charge in [-0.15, -0.1) is 0 Å². The fraction of sp³-hybridized carbons (Fsp3) is 0.778. The SMILES string of the molecule is CC1(CCN)CC2CC=C21. The van der Waals surface area contributed by atoms with Crippen LogP contribution in [-0.4, -0.2) is 6.54 Å². The van der Waals surface area contributed by atoms with Gasteiger partial charge in [-0.3, -0.25) is 0 Å². The van der Waals surface area contributed by atoms with Gasteiger partial charge in [-0.1, -0.05) is 18.6 Å². The van der Waals surface area contributed by atoms with Crippen LogP contribution in [0.2, 0.25) is 0 Å². The molecular weight excluding hydrogens is 122 g/mol. The minimum atomic E-state index is 0.525. The highest BCUT2D eigenvalue weighted by Gasteiger charge is 2.47. The molecular formula is C9H15N. The van der Waals surface area contributed by atoms with Crippen LogP contribution in [0.3, 0.4) is 0 Å². The van der Waals surface area contributed by atoms with Crippen molar-refractivity contribution in [3.8, 4) is 0 Å². The molecule has 2 atom stereocenters. The number of allylic oxidation sites excluding steroid dienone is 2. The van der Waals surface area contributed by atoms with Gasteiger partial charge in [-0.2, -0.15) is 0 Å². The molecule has 2 aliphatic rings. The molecule has 1 heteroatoms. The second-order valence-corrected chi connectivity index (χ2v) is 3.90. The highest BCUT2D eigenvalue weighted by Crippen LogP contribution is 2.59. The van der Waals surface area contributed by atoms with E-state index in [-0.39, 0.29) is 0 Å². The molecule has 2 aliphatic carbocycles. The van der Waals surface area contributed by atoms with Crippen molar-refractivity contribution in [2.45, 2.75) is 26.2 Å². The zero-order valence-electron chi connectivity index (χ0n) is 6.56. The normalized spacial score (nSPS) is 43.0. The highest BCUT2D eigenvalue weighted by molar-refractivity contribution is 5.34. The molecule has 0 spiro atoms. The summed E-state index contributed by atoms with van der Waals surface area (Å²) in [5.74, 6) is 0.969. The van der Waals surface area contributed by atoms with Crippen LogP contribution in [-0.2, 0) is 0 Å². The van der Waals surface area contributed by atoms with Crippen LogP contribution >= 0.6 is 0 Å². The Balaban J connectivity index is 2.05. The molecule has 0 aromatic heterocycles. The lowest BCUT2D eigenvalue weighted by Crippen LogP contribution is -2.43. The van der Waals surface area contributed by atoms with E-state index in [1.165, 1.54) is 19.3 Å². The average Bonchev–Trinajstić information content (AvgIpc) is 1.82. The first-order valence-corrected chi connectivity index (χ1v) is 4.17. The van der Waals surface area contributed by atoms with Crippen LogP contribution in [0, 0.1) is 11.3 Å². The van der Waals surface area contributed by atoms with E-state index in [1.54, 1.807) is 5.57 Å². The van der Waals surface area contributed by atoms with Gasteiger partial charge in [-0.05, 0) is 37.1 Å². The second kappa shape index (κ2) is 1.85. The summed E-state index contributed by atoms with van der Waals surface area (Å²) in [7, 11) is 0. The fourth-order valence-electron chi connectivity index (χ4n) is 2.43. The van der Waals surface area contributed by atoms with E-state index >= 15 is 0 Å². The van der Waals surface area contributed by atoms with Gasteiger partial charge in [0.1, 0.15) is 0 Å². The molecule has 0 aliphatic heterocycles. The Morgan fingerprint density at radius 3 is 2.90 bits per heavy atom. The Labute approximate surface area is 62.3 Å². The van der Waals surface area contributed by atoms with Crippen molar-refractivity contribution in [3.05, 3.63) is 11.6 Å². The molecule has 2 unspecified atom stereocenters. The molecule has 0 heterocycles. The molecule has 0 bridgehead atoms. The summed E-state index contributed by atoms with van der Waals surface area (Å²) in [5.41, 5.74) is 7.76. The number of fused-ring (bicyclic) bond motifs is 1. The third kappa shape index (κ3) is 0.615. The Hall–Kier alpha value is -0.300. The molecule has 2 rings (SSSR count). The number of hydrogen-bond donors (Lipinski definition) is 1. The summed E-state index contributed by atoms with van der Waals surface area (Å²) in [6.07, 6.45) is 6.32. The van der Waals surface area contributed by atoms with E-state index < -0.39 is 0 Å². The predicted octanol–water partition coefficient (Wildman–Crippen LogP) is 1.69. The summed E-state index contributed by atoms with van der Waals surface area (Å²) in [6.45, 7) is 3.20. The van der Waals surface area contributed by atoms with Gasteiger partial charge in [0, 0.05) is 0 Å². The topological polar surface area (TPSA) is 26.0 Å². The summed E-state index contributed by atoms with van der Waals surface area (Å²) in [6, 6.07) is 0. The molecule has 0 aromatic rings. The summed E-state index contributed by atoms with van der Waals surface area (Å²) in [4.78, 5) is 0. The van der Waals surface area contributed by atoms with Crippen molar-refractivity contribution in [2.24, 2.45) is 17.1 Å². The lowest BCUT2D eigenvalue weighted by Gasteiger charge is -2.53. The van der Waals surface area contributed by atoms with E-state index in [1.807, 2.05) is 0 Å². The molecule has 0 amide bonds. The lowest BCUT2D eigenvalue weighted by atomic mass is 9.51. The van der Waals surface area contributed by atoms with E-state index in [4.69, 9.17) is 5.73 Å². The zero-order valence-corrected chi connectivity index (χ0v) is 6.56. The fourth-order valence-corrected chi connectivity index (χ4v) is 2.43. The highest BCUT2D eigenvalue weighted by atomic mass is 14.6. The van der Waals surface area contributed by atoms with Crippen molar-refractivity contribution >= 4 is 0 Å². The van der Waals surface area contributed by atoms with E-state index in [9.17, 15) is 0 Å². The van der Waals surface area contributed by atoms with Gasteiger partial charge >= 0.3 is 0 Å². The largest absolute Gasteiger partial charge is 0.330 e. The van der Waals surface area contributed by atoms with Crippen LogP contribution in [0.4, 0.5) is 0 Å². The Bertz CT molecular complexity index is 183. The molecule has 56 valence electrons. The van der Waals surface area contributed by atoms with Crippen molar-refractivity contribution in [1.82, 2.24) is 0 Å². The Kier molecular flexibility index (Phi) is 1.19. The standard InChI is InChI=1S/C9H15N/c1-9(4-5-10)6-7-2-3-8(7)9/h3,7H,2,4-6,10H2,1H3. The number of rotatable bonds is 2. The van der Waals surface area contributed by atoms with Crippen molar-refractivity contribution < 1.29 is 0 Å². The second-order valence-electron chi connectivity index (χ2n) is 3.90. The van der Waals surface area contributed by atoms with E-state index in [0.717, 1.165) is 12.5 Å². The quantitative estimate of drug-likeness (QED) is 0.576. The van der Waals surface area contributed by atoms with Gasteiger partial charge in [0.2, 0.25) is 0 Å². The molecule has 1 fully saturated rings. The lowest BCUT2D eigenvalue weighted by molar-refractivity contribution is 0.149. The summed E-state index contributed by atoms with van der Waals surface area (Å²) in [5, 5.41) is 0. The van der Waals surface area contributed by atoms with Crippen LogP contribution in [0.25, 0.3) is 0 Å². The maximum atomic E-state index is 5.53. The van der Waals surface area contributed by atoms with Crippen molar-refractivity contribution in [1.29, 1.82) is 0 Å². The van der Waals surface area contributed by atoms with Crippen LogP contribution < -0.4 is 5.73 Å². The van der Waals surface area contributed by atoms with Crippen LogP contribution in [0.15, 0.2) is 11.6 Å². The molecule has 0 saturated heterocycles. The molecule has 1 saturated carbocycles. The first kappa shape index (κ1) is 6.41. The summed E-state index contributed by atoms with van der Waals surface area (Å²) < 4.78 is 0. The van der Waals surface area contributed by atoms with Gasteiger partial charge in [0.25, 0.3) is 0 Å². The van der Waals surface area contributed by atoms with Gasteiger partial charge in [0.05, 0.1) is 0 Å². The smallest absolute Gasteiger partial charge is 0.00690 e. The molecule has 1 nitrogen and oxygen atoms in total. The van der Waals surface area contributed by atoms with Crippen molar-refractivity contribution in [2.75, 3.05) is 6.54 Å². The van der Waals surface area contributed by atoms with Gasteiger partial charge in [-0.25, -0.2) is 0 Å². The Morgan fingerprint density at radius 1 is 1.80 bits per heavy atom. The maximum Gasteiger partial charge on any atom is -0.00690 e. The minimum absolute atomic E-state index is 0.525. The zero-order chi connectivity index (χ0) is 7.19. The predicted molar refractivity (Wildman–Crippen MR) is 42.6 cm³/mol. The molecule has 2 N–H and O–H groups in total. The third-order valence-corrected chi connectivity index (χ3v) is 3.15. The van der Waals surface area contributed by atoms with Crippen LogP contribution in [0.5, 0.6) is 0 Å². The first-order valence-electron chi connectivity index (χ1n) is 4.17. The summed E-state index contributed by atoms with van der Waals surface area (Å²) >= 11 is 0. The van der Waals surface area contributed by atoms with Crippen molar-refractivity contribution in [3.63, 3.8) is 0 Å². The number of hydrogen-bond acceptors (Lipinski definition) is 1. The monoisotopic (exact) mass is 137 g/mol. The van der Waals surface area contributed by atoms with E-state index in [0.29, 0.717) is 5.41 Å². The first-order chi connectivity index (χ1) is 4.76. The van der Waals surface area contributed by atoms with Gasteiger partial charge in [0.15, 0.2) is 0 Å². The molecule has 0 aromatic carbocycles. The van der Waals surface area contributed by atoms with Gasteiger partial charge < -0.3 is 5.73 Å². The minimum Gasteiger partial charge on any atom is -0.330 e. The van der Waals surface area contributed by atoms with Crippen LogP contribution in [0.1, 0.15) is 26.2 Å². The number of nitrogens with two attached hydrogens (primary N) is 1. The average molecular weight is 137 g/mol. The van der Waals surface area contributed by atoms with E-state index in [2.05, 4.69) is 13.0 Å². The third-order valence-electron chi connectivity index (χ3n) is 3.15. The Morgan fingerprint density at radius 2 is 2.60 bits per heavy atom. The maximum absolute atomic E-state index is 5.53. The molecule has 10 heavy (non-hydrogen) atoms. The molecule has 0 radical (unpaired) electrons.